The maximum atomic E-state index is 11.5. The number of amides is 1. The molecule has 78 valence electrons. The minimum absolute atomic E-state index is 0.356. The van der Waals surface area contributed by atoms with Gasteiger partial charge in [-0.15, -0.1) is 0 Å². The Balaban J connectivity index is 4.50. The first-order valence-electron chi connectivity index (χ1n) is 3.86. The fourth-order valence-electron chi connectivity index (χ4n) is 0.638. The molecule has 0 aromatic heterocycles. The number of carbonyl (C=O) groups excluding carboxylic acids is 1. The van der Waals surface area contributed by atoms with E-state index in [0.29, 0.717) is 12.2 Å². The van der Waals surface area contributed by atoms with Crippen LogP contribution in [-0.4, -0.2) is 11.7 Å². The van der Waals surface area contributed by atoms with Gasteiger partial charge in [-0.25, -0.2) is 0 Å². The van der Waals surface area contributed by atoms with Crippen LogP contribution in [0, 0.1) is 5.41 Å². The molecule has 0 radical (unpaired) electrons. The Bertz CT molecular complexity index is 236. The Morgan fingerprint density at radius 2 is 2.08 bits per heavy atom. The predicted molar refractivity (Wildman–Crippen MR) is 56.4 cm³/mol. The van der Waals surface area contributed by atoms with Gasteiger partial charge in [-0.2, -0.15) is 12.6 Å². The molecule has 7 heteroatoms. The smallest absolute Gasteiger partial charge is 0.283 e. The van der Waals surface area contributed by atoms with Crippen LogP contribution in [0.2, 0.25) is 0 Å². The highest BCUT2D eigenvalue weighted by atomic mass is 32.1. The van der Waals surface area contributed by atoms with Crippen LogP contribution < -0.4 is 16.1 Å². The molecule has 5 N–H and O–H groups in total. The molecule has 0 rings (SSSR count). The van der Waals surface area contributed by atoms with E-state index in [0.717, 1.165) is 0 Å². The summed E-state index contributed by atoms with van der Waals surface area (Å²) >= 11 is 4.04. The van der Waals surface area contributed by atoms with Crippen LogP contribution in [0.5, 0.6) is 0 Å². The van der Waals surface area contributed by atoms with E-state index in [1.54, 1.807) is 6.92 Å². The Morgan fingerprint density at radius 1 is 1.62 bits per heavy atom. The Labute approximate surface area is 83.6 Å². The van der Waals surface area contributed by atoms with Crippen molar-refractivity contribution in [3.05, 3.63) is 0 Å². The van der Waals surface area contributed by atoms with Crippen LogP contribution in [-0.2, 0) is 9.36 Å². The van der Waals surface area contributed by atoms with Crippen molar-refractivity contribution in [3.8, 4) is 0 Å². The van der Waals surface area contributed by atoms with Gasteiger partial charge in [-0.05, 0) is 13.3 Å². The highest BCUT2D eigenvalue weighted by Crippen LogP contribution is 2.27. The summed E-state index contributed by atoms with van der Waals surface area (Å²) in [7, 11) is -3.48. The second-order valence-corrected chi connectivity index (χ2v) is 5.18. The highest BCUT2D eigenvalue weighted by Gasteiger charge is 2.32. The van der Waals surface area contributed by atoms with Crippen molar-refractivity contribution in [2.45, 2.75) is 20.3 Å². The van der Waals surface area contributed by atoms with Crippen LogP contribution in [0.1, 0.15) is 20.3 Å². The minimum atomic E-state index is -3.48. The first-order valence-corrected chi connectivity index (χ1v) is 6.33. The van der Waals surface area contributed by atoms with Crippen LogP contribution in [0.25, 0.3) is 0 Å². The van der Waals surface area contributed by atoms with Gasteiger partial charge in [0.2, 0.25) is 5.91 Å². The molecule has 0 fully saturated rings. The quantitative estimate of drug-likeness (QED) is 0.413. The monoisotopic (exact) mass is 225 g/mol. The first-order chi connectivity index (χ1) is 5.75. The molecule has 5 nitrogen and oxygen atoms in total. The van der Waals surface area contributed by atoms with E-state index in [-0.39, 0.29) is 0 Å². The Morgan fingerprint density at radius 3 is 2.31 bits per heavy atom. The first kappa shape index (κ1) is 13.0. The van der Waals surface area contributed by atoms with Gasteiger partial charge in [0.05, 0.1) is 5.41 Å². The van der Waals surface area contributed by atoms with Crippen LogP contribution in [0.3, 0.4) is 0 Å². The summed E-state index contributed by atoms with van der Waals surface area (Å²) < 4.78 is 10.9. The fourth-order valence-corrected chi connectivity index (χ4v) is 1.59. The average molecular weight is 225 g/mol. The van der Waals surface area contributed by atoms with E-state index < -0.39 is 18.9 Å². The number of nitrogens with one attached hydrogen (secondary N) is 1. The zero-order valence-corrected chi connectivity index (χ0v) is 9.57. The third-order valence-electron chi connectivity index (χ3n) is 1.95. The maximum Gasteiger partial charge on any atom is 0.300 e. The lowest BCUT2D eigenvalue weighted by molar-refractivity contribution is -0.127. The van der Waals surface area contributed by atoms with Gasteiger partial charge >= 0.3 is 0 Å². The molecule has 1 amide bonds. The van der Waals surface area contributed by atoms with Crippen molar-refractivity contribution in [2.24, 2.45) is 16.4 Å². The standard InChI is InChI=1S/C6H16N3O2PS/c1-3-6(2,4-13)5(10)9-12(7,8)11/h13H,3-4H2,1-2H3,(H5,7,8,9,10,11). The van der Waals surface area contributed by atoms with Crippen molar-refractivity contribution in [3.63, 3.8) is 0 Å². The number of thiol groups is 1. The summed E-state index contributed by atoms with van der Waals surface area (Å²) in [6.45, 7) is 3.55. The number of carbonyl (C=O) groups is 1. The summed E-state index contributed by atoms with van der Waals surface area (Å²) in [6.07, 6.45) is 0.586. The lowest BCUT2D eigenvalue weighted by Gasteiger charge is -2.25. The van der Waals surface area contributed by atoms with Gasteiger partial charge in [0.1, 0.15) is 0 Å². The van der Waals surface area contributed by atoms with Crippen LogP contribution in [0.4, 0.5) is 0 Å². The third kappa shape index (κ3) is 4.13. The van der Waals surface area contributed by atoms with E-state index >= 15 is 0 Å². The summed E-state index contributed by atoms with van der Waals surface area (Å²) in [5.74, 6) is -0.0617. The lowest BCUT2D eigenvalue weighted by atomic mass is 9.89. The molecule has 0 aromatic rings. The zero-order chi connectivity index (χ0) is 10.7. The highest BCUT2D eigenvalue weighted by molar-refractivity contribution is 7.80. The predicted octanol–water partition coefficient (Wildman–Crippen LogP) is 0.474. The fraction of sp³-hybridized carbons (Fsp3) is 0.833. The Kier molecular flexibility index (Phi) is 4.45. The minimum Gasteiger partial charge on any atom is -0.283 e. The van der Waals surface area contributed by atoms with E-state index in [2.05, 4.69) is 17.7 Å². The second-order valence-electron chi connectivity index (χ2n) is 3.22. The molecule has 0 heterocycles. The molecule has 0 bridgehead atoms. The van der Waals surface area contributed by atoms with Crippen molar-refractivity contribution in [2.75, 3.05) is 5.75 Å². The van der Waals surface area contributed by atoms with Crippen LogP contribution in [0.15, 0.2) is 0 Å². The average Bonchev–Trinajstić information content (AvgIpc) is 2.00. The lowest BCUT2D eigenvalue weighted by Crippen LogP contribution is -2.41. The molecule has 0 saturated heterocycles. The van der Waals surface area contributed by atoms with E-state index in [9.17, 15) is 9.36 Å². The van der Waals surface area contributed by atoms with Crippen molar-refractivity contribution >= 4 is 26.1 Å². The number of hydrogen-bond acceptors (Lipinski definition) is 3. The third-order valence-corrected chi connectivity index (χ3v) is 3.20. The molecule has 0 spiro atoms. The topological polar surface area (TPSA) is 98.2 Å². The summed E-state index contributed by atoms with van der Waals surface area (Å²) in [6, 6.07) is 0. The molecule has 0 aromatic carbocycles. The molecule has 1 atom stereocenters. The molecule has 0 aliphatic carbocycles. The number of nitrogens with two attached hydrogens (primary N) is 2. The van der Waals surface area contributed by atoms with Gasteiger partial charge in [0.25, 0.3) is 7.59 Å². The van der Waals surface area contributed by atoms with Gasteiger partial charge in [-0.3, -0.25) is 25.5 Å². The molecular formula is C6H16N3O2PS. The summed E-state index contributed by atoms with van der Waals surface area (Å²) in [5.41, 5.74) is 9.37. The summed E-state index contributed by atoms with van der Waals surface area (Å²) in [5, 5.41) is 2.08. The van der Waals surface area contributed by atoms with Crippen molar-refractivity contribution in [1.82, 2.24) is 5.09 Å². The SMILES string of the molecule is CCC(C)(CS)C(=O)NP(N)(N)=O. The summed E-state index contributed by atoms with van der Waals surface area (Å²) in [4.78, 5) is 11.5. The van der Waals surface area contributed by atoms with Crippen LogP contribution >= 0.6 is 20.2 Å². The van der Waals surface area contributed by atoms with Crippen molar-refractivity contribution < 1.29 is 9.36 Å². The normalized spacial score (nSPS) is 16.4. The molecule has 1 unspecified atom stereocenters. The zero-order valence-electron chi connectivity index (χ0n) is 7.78. The largest absolute Gasteiger partial charge is 0.300 e. The van der Waals surface area contributed by atoms with Gasteiger partial charge in [0, 0.05) is 5.75 Å². The molecule has 0 saturated carbocycles. The van der Waals surface area contributed by atoms with Crippen molar-refractivity contribution in [1.29, 1.82) is 0 Å². The number of rotatable bonds is 4. The molecular weight excluding hydrogens is 209 g/mol. The molecule has 0 aliphatic heterocycles. The molecule has 0 aliphatic rings. The second kappa shape index (κ2) is 4.46. The molecule has 13 heavy (non-hydrogen) atoms. The maximum absolute atomic E-state index is 11.5. The number of hydrogen-bond donors (Lipinski definition) is 4. The van der Waals surface area contributed by atoms with Gasteiger partial charge in [-0.1, -0.05) is 6.92 Å². The van der Waals surface area contributed by atoms with E-state index in [1.165, 1.54) is 0 Å². The van der Waals surface area contributed by atoms with E-state index in [4.69, 9.17) is 11.0 Å². The van der Waals surface area contributed by atoms with E-state index in [1.807, 2.05) is 6.92 Å². The van der Waals surface area contributed by atoms with Gasteiger partial charge in [0.15, 0.2) is 0 Å². The Hall–Kier alpha value is -0.0300. The van der Waals surface area contributed by atoms with Gasteiger partial charge < -0.3 is 0 Å².